The van der Waals surface area contributed by atoms with Crippen molar-refractivity contribution >= 4 is 70.4 Å². The summed E-state index contributed by atoms with van der Waals surface area (Å²) >= 11 is 1.85. The average molecular weight is 593 g/mol. The molecule has 0 N–H and O–H groups in total. The minimum atomic E-state index is 1.13. The van der Waals surface area contributed by atoms with E-state index in [2.05, 4.69) is 179 Å². The Bertz CT molecular complexity index is 2470. The monoisotopic (exact) mass is 592 g/mol. The predicted molar refractivity (Wildman–Crippen MR) is 194 cm³/mol. The number of hydrogen-bond acceptors (Lipinski definition) is 2. The summed E-state index contributed by atoms with van der Waals surface area (Å²) in [7, 11) is 0. The molecule has 0 spiro atoms. The van der Waals surface area contributed by atoms with Crippen LogP contribution in [-0.4, -0.2) is 4.57 Å². The molecule has 2 aromatic heterocycles. The van der Waals surface area contributed by atoms with Crippen LogP contribution in [0.3, 0.4) is 0 Å². The second kappa shape index (κ2) is 10.5. The van der Waals surface area contributed by atoms with Crippen molar-refractivity contribution in [1.82, 2.24) is 4.57 Å². The Kier molecular flexibility index (Phi) is 6.03. The fraction of sp³-hybridized carbons (Fsp3) is 0. The van der Waals surface area contributed by atoms with Crippen LogP contribution in [0, 0.1) is 0 Å². The summed E-state index contributed by atoms with van der Waals surface area (Å²) in [5, 5.41) is 5.14. The minimum absolute atomic E-state index is 1.13. The number of aromatic nitrogens is 1. The molecule has 3 heteroatoms. The number of para-hydroxylation sites is 3. The van der Waals surface area contributed by atoms with Gasteiger partial charge in [-0.1, -0.05) is 91.0 Å². The zero-order valence-corrected chi connectivity index (χ0v) is 25.3. The first-order valence-corrected chi connectivity index (χ1v) is 16.1. The second-order valence-electron chi connectivity index (χ2n) is 11.4. The van der Waals surface area contributed by atoms with Crippen molar-refractivity contribution in [2.24, 2.45) is 0 Å². The minimum Gasteiger partial charge on any atom is -0.310 e. The van der Waals surface area contributed by atoms with Crippen molar-refractivity contribution < 1.29 is 0 Å². The summed E-state index contributed by atoms with van der Waals surface area (Å²) in [6, 6.07) is 61.4. The first-order chi connectivity index (χ1) is 22.3. The van der Waals surface area contributed by atoms with E-state index >= 15 is 0 Å². The van der Waals surface area contributed by atoms with Gasteiger partial charge in [0.1, 0.15) is 0 Å². The molecule has 2 nitrogen and oxygen atoms in total. The predicted octanol–water partition coefficient (Wildman–Crippen LogP) is 12.3. The third-order valence-electron chi connectivity index (χ3n) is 8.78. The van der Waals surface area contributed by atoms with Crippen LogP contribution in [0.5, 0.6) is 0 Å². The maximum atomic E-state index is 2.36. The van der Waals surface area contributed by atoms with E-state index in [1.807, 2.05) is 11.3 Å². The van der Waals surface area contributed by atoms with Gasteiger partial charge in [-0.25, -0.2) is 0 Å². The van der Waals surface area contributed by atoms with Gasteiger partial charge in [0.2, 0.25) is 0 Å². The molecular formula is C42H28N2S. The molecule has 0 saturated carbocycles. The largest absolute Gasteiger partial charge is 0.310 e. The van der Waals surface area contributed by atoms with E-state index < -0.39 is 0 Å². The van der Waals surface area contributed by atoms with Crippen molar-refractivity contribution in [2.75, 3.05) is 4.90 Å². The number of benzene rings is 7. The molecule has 0 aliphatic carbocycles. The highest BCUT2D eigenvalue weighted by Gasteiger charge is 2.16. The number of hydrogen-bond donors (Lipinski definition) is 0. The van der Waals surface area contributed by atoms with E-state index in [-0.39, 0.29) is 0 Å². The van der Waals surface area contributed by atoms with Gasteiger partial charge >= 0.3 is 0 Å². The van der Waals surface area contributed by atoms with Crippen molar-refractivity contribution in [3.63, 3.8) is 0 Å². The molecule has 7 aromatic carbocycles. The third-order valence-corrected chi connectivity index (χ3v) is 9.93. The highest BCUT2D eigenvalue weighted by Crippen LogP contribution is 2.41. The summed E-state index contributed by atoms with van der Waals surface area (Å²) in [4.78, 5) is 2.35. The highest BCUT2D eigenvalue weighted by atomic mass is 32.1. The molecule has 0 radical (unpaired) electrons. The van der Waals surface area contributed by atoms with E-state index in [1.54, 1.807) is 0 Å². The van der Waals surface area contributed by atoms with Gasteiger partial charge in [0.05, 0.1) is 11.0 Å². The summed E-state index contributed by atoms with van der Waals surface area (Å²) in [5.41, 5.74) is 9.45. The Hall–Kier alpha value is -5.64. The molecule has 0 saturated heterocycles. The highest BCUT2D eigenvalue weighted by molar-refractivity contribution is 7.25. The van der Waals surface area contributed by atoms with Crippen LogP contribution >= 0.6 is 11.3 Å². The van der Waals surface area contributed by atoms with Gasteiger partial charge in [-0.05, 0) is 90.0 Å². The quantitative estimate of drug-likeness (QED) is 0.193. The number of fused-ring (bicyclic) bond motifs is 6. The molecule has 2 heterocycles. The van der Waals surface area contributed by atoms with Crippen molar-refractivity contribution in [2.45, 2.75) is 0 Å². The Morgan fingerprint density at radius 3 is 1.80 bits per heavy atom. The van der Waals surface area contributed by atoms with Crippen LogP contribution in [-0.2, 0) is 0 Å². The fourth-order valence-electron chi connectivity index (χ4n) is 6.69. The van der Waals surface area contributed by atoms with Crippen LogP contribution in [0.25, 0.3) is 58.8 Å². The standard InChI is InChI=1S/C42H28N2S/c1-3-11-31(12-4-1)43(34-24-26-42-38(28-34)36-16-8-10-18-41(36)45-42)33-22-19-29(20-23-33)30-21-25-40-37(27-30)35-15-7-9-17-39(35)44(40)32-13-5-2-6-14-32/h1-28H. The Labute approximate surface area is 265 Å². The molecule has 0 unspecified atom stereocenters. The van der Waals surface area contributed by atoms with Crippen LogP contribution in [0.2, 0.25) is 0 Å². The maximum Gasteiger partial charge on any atom is 0.0541 e. The van der Waals surface area contributed by atoms with E-state index in [0.717, 1.165) is 17.1 Å². The van der Waals surface area contributed by atoms with E-state index in [4.69, 9.17) is 0 Å². The Morgan fingerprint density at radius 2 is 0.978 bits per heavy atom. The van der Waals surface area contributed by atoms with E-state index in [9.17, 15) is 0 Å². The van der Waals surface area contributed by atoms with Crippen molar-refractivity contribution in [3.05, 3.63) is 170 Å². The maximum absolute atomic E-state index is 2.36. The molecule has 45 heavy (non-hydrogen) atoms. The molecule has 9 rings (SSSR count). The van der Waals surface area contributed by atoms with Crippen molar-refractivity contribution in [1.29, 1.82) is 0 Å². The van der Waals surface area contributed by atoms with Gasteiger partial charge < -0.3 is 9.47 Å². The second-order valence-corrected chi connectivity index (χ2v) is 12.5. The first-order valence-electron chi connectivity index (χ1n) is 15.3. The lowest BCUT2D eigenvalue weighted by Crippen LogP contribution is -2.09. The lowest BCUT2D eigenvalue weighted by Gasteiger charge is -2.26. The van der Waals surface area contributed by atoms with E-state index in [0.29, 0.717) is 0 Å². The molecular weight excluding hydrogens is 565 g/mol. The average Bonchev–Trinajstić information content (AvgIpc) is 3.65. The van der Waals surface area contributed by atoms with E-state index in [1.165, 1.54) is 58.8 Å². The molecule has 0 fully saturated rings. The van der Waals surface area contributed by atoms with Gasteiger partial charge in [-0.2, -0.15) is 0 Å². The topological polar surface area (TPSA) is 8.17 Å². The van der Waals surface area contributed by atoms with Crippen LogP contribution in [0.4, 0.5) is 17.1 Å². The van der Waals surface area contributed by atoms with Crippen LogP contribution in [0.1, 0.15) is 0 Å². The van der Waals surface area contributed by atoms with Gasteiger partial charge in [0.15, 0.2) is 0 Å². The molecule has 9 aromatic rings. The summed E-state index contributed by atoms with van der Waals surface area (Å²) in [5.74, 6) is 0. The number of nitrogens with zero attached hydrogens (tertiary/aromatic N) is 2. The number of thiophene rings is 1. The lowest BCUT2D eigenvalue weighted by molar-refractivity contribution is 1.18. The fourth-order valence-corrected chi connectivity index (χ4v) is 7.77. The third kappa shape index (κ3) is 4.32. The SMILES string of the molecule is c1ccc(N(c2ccc(-c3ccc4c(c3)c3ccccc3n4-c3ccccc3)cc2)c2ccc3sc4ccccc4c3c2)cc1. The number of anilines is 3. The Morgan fingerprint density at radius 1 is 0.378 bits per heavy atom. The molecule has 212 valence electrons. The molecule has 0 aliphatic rings. The summed E-state index contributed by atoms with van der Waals surface area (Å²) in [6.07, 6.45) is 0. The zero-order valence-electron chi connectivity index (χ0n) is 24.5. The normalized spacial score (nSPS) is 11.6. The molecule has 0 amide bonds. The summed E-state index contributed by atoms with van der Waals surface area (Å²) in [6.45, 7) is 0. The lowest BCUT2D eigenvalue weighted by atomic mass is 10.0. The van der Waals surface area contributed by atoms with Gasteiger partial charge in [0, 0.05) is 53.7 Å². The van der Waals surface area contributed by atoms with Crippen LogP contribution < -0.4 is 4.90 Å². The van der Waals surface area contributed by atoms with Crippen LogP contribution in [0.15, 0.2) is 170 Å². The summed E-state index contributed by atoms with van der Waals surface area (Å²) < 4.78 is 5.00. The molecule has 0 aliphatic heterocycles. The smallest absolute Gasteiger partial charge is 0.0541 e. The van der Waals surface area contributed by atoms with Crippen molar-refractivity contribution in [3.8, 4) is 16.8 Å². The van der Waals surface area contributed by atoms with Gasteiger partial charge in [0.25, 0.3) is 0 Å². The van der Waals surface area contributed by atoms with Gasteiger partial charge in [-0.15, -0.1) is 11.3 Å². The van der Waals surface area contributed by atoms with Gasteiger partial charge in [-0.3, -0.25) is 0 Å². The first kappa shape index (κ1) is 25.8. The molecule has 0 atom stereocenters. The molecule has 0 bridgehead atoms. The number of rotatable bonds is 5. The Balaban J connectivity index is 1.15. The zero-order chi connectivity index (χ0) is 29.7.